The summed E-state index contributed by atoms with van der Waals surface area (Å²) in [7, 11) is 0. The Kier molecular flexibility index (Phi) is 5.03. The van der Waals surface area contributed by atoms with Crippen molar-refractivity contribution in [2.45, 2.75) is 6.92 Å². The van der Waals surface area contributed by atoms with Gasteiger partial charge in [-0.05, 0) is 37.3 Å². The predicted molar refractivity (Wildman–Crippen MR) is 85.5 cm³/mol. The van der Waals surface area contributed by atoms with Crippen molar-refractivity contribution < 1.29 is 14.5 Å². The van der Waals surface area contributed by atoms with E-state index >= 15 is 0 Å². The minimum Gasteiger partial charge on any atom is -0.352 e. The molecule has 0 atom stereocenters. The number of carbonyl (C=O) groups is 2. The lowest BCUT2D eigenvalue weighted by Gasteiger charge is -2.07. The van der Waals surface area contributed by atoms with Crippen molar-refractivity contribution in [1.29, 1.82) is 0 Å². The smallest absolute Gasteiger partial charge is 0.270 e. The maximum absolute atomic E-state index is 12.1. The zero-order chi connectivity index (χ0) is 16.8. The molecule has 2 amide bonds. The second kappa shape index (κ2) is 7.17. The summed E-state index contributed by atoms with van der Waals surface area (Å²) in [5, 5.41) is 16.0. The molecule has 0 aliphatic rings. The highest BCUT2D eigenvalue weighted by atomic mass is 16.6. The molecule has 7 heteroatoms. The van der Waals surface area contributed by atoms with Gasteiger partial charge in [0.15, 0.2) is 0 Å². The van der Waals surface area contributed by atoms with Crippen LogP contribution in [0, 0.1) is 10.1 Å². The molecule has 0 fully saturated rings. The van der Waals surface area contributed by atoms with Crippen LogP contribution in [0.1, 0.15) is 27.6 Å². The quantitative estimate of drug-likeness (QED) is 0.654. The lowest BCUT2D eigenvalue weighted by Crippen LogP contribution is -2.22. The number of benzene rings is 2. The van der Waals surface area contributed by atoms with Gasteiger partial charge in [-0.15, -0.1) is 0 Å². The van der Waals surface area contributed by atoms with E-state index in [1.54, 1.807) is 24.3 Å². The van der Waals surface area contributed by atoms with Crippen LogP contribution in [0.25, 0.3) is 0 Å². The van der Waals surface area contributed by atoms with E-state index in [1.807, 2.05) is 6.92 Å². The second-order valence-electron chi connectivity index (χ2n) is 4.70. The van der Waals surface area contributed by atoms with Crippen LogP contribution in [0.3, 0.4) is 0 Å². The topological polar surface area (TPSA) is 101 Å². The first-order chi connectivity index (χ1) is 11.0. The van der Waals surface area contributed by atoms with Crippen LogP contribution in [0.2, 0.25) is 0 Å². The molecular formula is C16H15N3O4. The predicted octanol–water partition coefficient (Wildman–Crippen LogP) is 2.60. The summed E-state index contributed by atoms with van der Waals surface area (Å²) >= 11 is 0. The Labute approximate surface area is 132 Å². The van der Waals surface area contributed by atoms with E-state index < -0.39 is 10.8 Å². The van der Waals surface area contributed by atoms with E-state index in [1.165, 1.54) is 24.3 Å². The molecule has 0 heterocycles. The Balaban J connectivity index is 2.10. The van der Waals surface area contributed by atoms with Crippen molar-refractivity contribution in [3.63, 3.8) is 0 Å². The molecule has 0 saturated carbocycles. The van der Waals surface area contributed by atoms with E-state index in [-0.39, 0.29) is 17.2 Å². The molecule has 0 aliphatic carbocycles. The van der Waals surface area contributed by atoms with E-state index in [2.05, 4.69) is 10.6 Å². The molecule has 2 aromatic rings. The van der Waals surface area contributed by atoms with Crippen LogP contribution in [0.4, 0.5) is 11.4 Å². The van der Waals surface area contributed by atoms with Crippen LogP contribution in [-0.2, 0) is 0 Å². The van der Waals surface area contributed by atoms with Crippen molar-refractivity contribution in [3.05, 3.63) is 69.8 Å². The zero-order valence-electron chi connectivity index (χ0n) is 12.4. The highest BCUT2D eigenvalue weighted by molar-refractivity contribution is 6.05. The number of nitrogens with zero attached hydrogens (tertiary/aromatic N) is 1. The van der Waals surface area contributed by atoms with Gasteiger partial charge in [-0.25, -0.2) is 0 Å². The molecule has 23 heavy (non-hydrogen) atoms. The standard InChI is InChI=1S/C16H15N3O4/c1-2-17-15(20)11-6-8-13(9-7-11)18-16(21)12-4-3-5-14(10-12)19(22)23/h3-10H,2H2,1H3,(H,17,20)(H,18,21). The summed E-state index contributed by atoms with van der Waals surface area (Å²) in [6, 6.07) is 11.8. The van der Waals surface area contributed by atoms with Crippen molar-refractivity contribution in [1.82, 2.24) is 5.32 Å². The normalized spacial score (nSPS) is 9.96. The number of non-ortho nitro benzene ring substituents is 1. The molecule has 0 aromatic heterocycles. The first-order valence-corrected chi connectivity index (χ1v) is 6.95. The Morgan fingerprint density at radius 1 is 1.04 bits per heavy atom. The number of nitro groups is 1. The Bertz CT molecular complexity index is 741. The molecule has 118 valence electrons. The Morgan fingerprint density at radius 3 is 2.35 bits per heavy atom. The van der Waals surface area contributed by atoms with E-state index in [0.717, 1.165) is 0 Å². The first kappa shape index (κ1) is 16.2. The zero-order valence-corrected chi connectivity index (χ0v) is 12.4. The van der Waals surface area contributed by atoms with E-state index in [9.17, 15) is 19.7 Å². The molecule has 2 rings (SSSR count). The maximum Gasteiger partial charge on any atom is 0.270 e. The van der Waals surface area contributed by atoms with Gasteiger partial charge in [-0.3, -0.25) is 19.7 Å². The molecule has 0 aliphatic heterocycles. The number of hydrogen-bond acceptors (Lipinski definition) is 4. The molecule has 0 bridgehead atoms. The lowest BCUT2D eigenvalue weighted by atomic mass is 10.1. The number of hydrogen-bond donors (Lipinski definition) is 2. The van der Waals surface area contributed by atoms with Gasteiger partial charge in [0.1, 0.15) is 0 Å². The maximum atomic E-state index is 12.1. The van der Waals surface area contributed by atoms with E-state index in [0.29, 0.717) is 17.8 Å². The van der Waals surface area contributed by atoms with Crippen molar-refractivity contribution in [2.75, 3.05) is 11.9 Å². The Morgan fingerprint density at radius 2 is 1.74 bits per heavy atom. The van der Waals surface area contributed by atoms with Gasteiger partial charge >= 0.3 is 0 Å². The molecule has 2 N–H and O–H groups in total. The van der Waals surface area contributed by atoms with Gasteiger partial charge < -0.3 is 10.6 Å². The summed E-state index contributed by atoms with van der Waals surface area (Å²) < 4.78 is 0. The van der Waals surface area contributed by atoms with Gasteiger partial charge in [0, 0.05) is 35.5 Å². The largest absolute Gasteiger partial charge is 0.352 e. The van der Waals surface area contributed by atoms with Crippen LogP contribution in [-0.4, -0.2) is 23.3 Å². The number of anilines is 1. The number of amides is 2. The summed E-state index contributed by atoms with van der Waals surface area (Å²) in [5.41, 5.74) is 1.02. The Hall–Kier alpha value is -3.22. The van der Waals surface area contributed by atoms with Crippen LogP contribution in [0.5, 0.6) is 0 Å². The van der Waals surface area contributed by atoms with Crippen molar-refractivity contribution in [2.24, 2.45) is 0 Å². The number of nitrogens with one attached hydrogen (secondary N) is 2. The monoisotopic (exact) mass is 313 g/mol. The molecule has 2 aromatic carbocycles. The fraction of sp³-hybridized carbons (Fsp3) is 0.125. The van der Waals surface area contributed by atoms with Gasteiger partial charge in [0.05, 0.1) is 4.92 Å². The third-order valence-corrected chi connectivity index (χ3v) is 3.06. The molecular weight excluding hydrogens is 298 g/mol. The van der Waals surface area contributed by atoms with Crippen molar-refractivity contribution in [3.8, 4) is 0 Å². The minimum absolute atomic E-state index is 0.149. The van der Waals surface area contributed by atoms with Crippen molar-refractivity contribution >= 4 is 23.2 Å². The fourth-order valence-electron chi connectivity index (χ4n) is 1.93. The van der Waals surface area contributed by atoms with Crippen LogP contribution < -0.4 is 10.6 Å². The fourth-order valence-corrected chi connectivity index (χ4v) is 1.93. The first-order valence-electron chi connectivity index (χ1n) is 6.95. The van der Waals surface area contributed by atoms with Gasteiger partial charge in [-0.2, -0.15) is 0 Å². The summed E-state index contributed by atoms with van der Waals surface area (Å²) in [4.78, 5) is 33.9. The third-order valence-electron chi connectivity index (χ3n) is 3.06. The molecule has 0 saturated heterocycles. The SMILES string of the molecule is CCNC(=O)c1ccc(NC(=O)c2cccc([N+](=O)[O-])c2)cc1. The lowest BCUT2D eigenvalue weighted by molar-refractivity contribution is -0.384. The minimum atomic E-state index is -0.558. The number of carbonyl (C=O) groups excluding carboxylic acids is 2. The van der Waals surface area contributed by atoms with Crippen LogP contribution >= 0.6 is 0 Å². The molecule has 0 unspecified atom stereocenters. The summed E-state index contributed by atoms with van der Waals surface area (Å²) in [5.74, 6) is -0.650. The molecule has 0 spiro atoms. The second-order valence-corrected chi connectivity index (χ2v) is 4.70. The summed E-state index contributed by atoms with van der Waals surface area (Å²) in [6.07, 6.45) is 0. The van der Waals surface area contributed by atoms with E-state index in [4.69, 9.17) is 0 Å². The average molecular weight is 313 g/mol. The van der Waals surface area contributed by atoms with Crippen LogP contribution in [0.15, 0.2) is 48.5 Å². The third kappa shape index (κ3) is 4.13. The summed E-state index contributed by atoms with van der Waals surface area (Å²) in [6.45, 7) is 2.36. The molecule has 7 nitrogen and oxygen atoms in total. The number of nitro benzene ring substituents is 1. The van der Waals surface area contributed by atoms with Gasteiger partial charge in [0.25, 0.3) is 17.5 Å². The molecule has 0 radical (unpaired) electrons. The highest BCUT2D eigenvalue weighted by Crippen LogP contribution is 2.15. The average Bonchev–Trinajstić information content (AvgIpc) is 2.55. The van der Waals surface area contributed by atoms with Gasteiger partial charge in [0.2, 0.25) is 0 Å². The number of rotatable bonds is 5. The highest BCUT2D eigenvalue weighted by Gasteiger charge is 2.12. The van der Waals surface area contributed by atoms with Gasteiger partial charge in [-0.1, -0.05) is 6.07 Å².